The zero-order valence-electron chi connectivity index (χ0n) is 14.3. The molecule has 0 saturated heterocycles. The number of halogens is 2. The van der Waals surface area contributed by atoms with Gasteiger partial charge in [0.05, 0.1) is 13.0 Å². The summed E-state index contributed by atoms with van der Waals surface area (Å²) >= 11 is 12.4. The Hall–Kier alpha value is -1.95. The van der Waals surface area contributed by atoms with Crippen LogP contribution in [-0.2, 0) is 22.5 Å². The summed E-state index contributed by atoms with van der Waals surface area (Å²) in [5.74, 6) is 1.33. The summed E-state index contributed by atoms with van der Waals surface area (Å²) in [5, 5.41) is 0.973. The number of hydrogen-bond donors (Lipinski definition) is 0. The maximum atomic E-state index is 12.9. The molecule has 1 aliphatic rings. The van der Waals surface area contributed by atoms with Gasteiger partial charge in [-0.2, -0.15) is 0 Å². The molecule has 0 radical (unpaired) electrons. The van der Waals surface area contributed by atoms with Crippen LogP contribution in [0.25, 0.3) is 0 Å². The van der Waals surface area contributed by atoms with Crippen LogP contribution in [0.5, 0.6) is 11.5 Å². The van der Waals surface area contributed by atoms with Crippen molar-refractivity contribution in [3.63, 3.8) is 0 Å². The molecule has 0 aromatic heterocycles. The van der Waals surface area contributed by atoms with Crippen molar-refractivity contribution in [1.29, 1.82) is 0 Å². The highest BCUT2D eigenvalue weighted by Crippen LogP contribution is 2.33. The van der Waals surface area contributed by atoms with E-state index in [4.69, 9.17) is 37.4 Å². The van der Waals surface area contributed by atoms with Gasteiger partial charge in [-0.25, -0.2) is 0 Å². The molecule has 5 nitrogen and oxygen atoms in total. The second kappa shape index (κ2) is 8.62. The summed E-state index contributed by atoms with van der Waals surface area (Å²) < 4.78 is 15.9. The lowest BCUT2D eigenvalue weighted by molar-refractivity contribution is -0.131. The van der Waals surface area contributed by atoms with E-state index in [1.54, 1.807) is 30.2 Å². The molecule has 0 fully saturated rings. The Labute approximate surface area is 162 Å². The lowest BCUT2D eigenvalue weighted by atomic mass is 10.1. The lowest BCUT2D eigenvalue weighted by Crippen LogP contribution is -2.34. The van der Waals surface area contributed by atoms with Gasteiger partial charge in [-0.1, -0.05) is 35.3 Å². The van der Waals surface area contributed by atoms with Crippen molar-refractivity contribution in [2.24, 2.45) is 0 Å². The molecule has 1 aliphatic heterocycles. The first-order chi connectivity index (χ1) is 12.6. The van der Waals surface area contributed by atoms with E-state index in [2.05, 4.69) is 0 Å². The van der Waals surface area contributed by atoms with Gasteiger partial charge in [0.25, 0.3) is 0 Å². The van der Waals surface area contributed by atoms with E-state index < -0.39 is 0 Å². The molecule has 2 aromatic rings. The van der Waals surface area contributed by atoms with Crippen LogP contribution in [-0.4, -0.2) is 37.9 Å². The number of amides is 1. The fourth-order valence-corrected chi connectivity index (χ4v) is 3.25. The third-order valence-electron chi connectivity index (χ3n) is 4.12. The van der Waals surface area contributed by atoms with E-state index in [0.717, 1.165) is 5.56 Å². The predicted octanol–water partition coefficient (Wildman–Crippen LogP) is 3.94. The normalized spacial score (nSPS) is 12.3. The molecule has 2 aromatic carbocycles. The van der Waals surface area contributed by atoms with Gasteiger partial charge in [-0.05, 0) is 35.4 Å². The molecule has 0 atom stereocenters. The van der Waals surface area contributed by atoms with Crippen LogP contribution >= 0.6 is 23.2 Å². The van der Waals surface area contributed by atoms with E-state index in [9.17, 15) is 4.79 Å². The van der Waals surface area contributed by atoms with Crippen molar-refractivity contribution in [2.75, 3.05) is 27.1 Å². The molecule has 1 heterocycles. The summed E-state index contributed by atoms with van der Waals surface area (Å²) in [5.41, 5.74) is 1.58. The average Bonchev–Trinajstić information content (AvgIpc) is 3.09. The van der Waals surface area contributed by atoms with Crippen molar-refractivity contribution in [2.45, 2.75) is 13.0 Å². The number of ether oxygens (including phenoxy) is 3. The lowest BCUT2D eigenvalue weighted by Gasteiger charge is -2.23. The topological polar surface area (TPSA) is 48.0 Å². The molecule has 0 spiro atoms. The Morgan fingerprint density at radius 3 is 2.62 bits per heavy atom. The Bertz CT molecular complexity index is 777. The maximum absolute atomic E-state index is 12.9. The highest BCUT2D eigenvalue weighted by atomic mass is 35.5. The molecule has 7 heteroatoms. The van der Waals surface area contributed by atoms with Crippen LogP contribution < -0.4 is 9.47 Å². The molecule has 138 valence electrons. The van der Waals surface area contributed by atoms with Crippen LogP contribution in [0.1, 0.15) is 11.1 Å². The van der Waals surface area contributed by atoms with Crippen molar-refractivity contribution in [3.8, 4) is 11.5 Å². The Morgan fingerprint density at radius 1 is 1.15 bits per heavy atom. The fraction of sp³-hybridized carbons (Fsp3) is 0.316. The first kappa shape index (κ1) is 18.8. The largest absolute Gasteiger partial charge is 0.454 e. The molecular formula is C19H19Cl2NO4. The number of carbonyl (C=O) groups is 1. The second-order valence-corrected chi connectivity index (χ2v) is 6.69. The Kier molecular flexibility index (Phi) is 6.25. The van der Waals surface area contributed by atoms with Crippen molar-refractivity contribution in [3.05, 3.63) is 57.6 Å². The summed E-state index contributed by atoms with van der Waals surface area (Å²) in [4.78, 5) is 14.6. The molecule has 0 N–H and O–H groups in total. The van der Waals surface area contributed by atoms with Crippen LogP contribution in [0.2, 0.25) is 10.0 Å². The number of hydrogen-bond acceptors (Lipinski definition) is 4. The third kappa shape index (κ3) is 4.41. The quantitative estimate of drug-likeness (QED) is 0.712. The van der Waals surface area contributed by atoms with E-state index in [-0.39, 0.29) is 19.1 Å². The molecule has 0 unspecified atom stereocenters. The number of methoxy groups -OCH3 is 1. The van der Waals surface area contributed by atoms with Gasteiger partial charge in [0, 0.05) is 30.2 Å². The van der Waals surface area contributed by atoms with Gasteiger partial charge in [-0.3, -0.25) is 4.79 Å². The van der Waals surface area contributed by atoms with Crippen LogP contribution in [0.4, 0.5) is 0 Å². The van der Waals surface area contributed by atoms with Gasteiger partial charge in [0.2, 0.25) is 12.7 Å². The Morgan fingerprint density at radius 2 is 1.88 bits per heavy atom. The Balaban J connectivity index is 1.75. The van der Waals surface area contributed by atoms with Gasteiger partial charge in [0.15, 0.2) is 11.5 Å². The van der Waals surface area contributed by atoms with Gasteiger partial charge in [-0.15, -0.1) is 0 Å². The summed E-state index contributed by atoms with van der Waals surface area (Å²) in [6, 6.07) is 10.9. The SMILES string of the molecule is COCCN(Cc1ccc2c(c1)OCO2)C(=O)Cc1c(Cl)cccc1Cl. The first-order valence-electron chi connectivity index (χ1n) is 8.16. The van der Waals surface area contributed by atoms with Gasteiger partial charge >= 0.3 is 0 Å². The standard InChI is InChI=1S/C19H19Cl2NO4/c1-24-8-7-22(11-13-5-6-17-18(9-13)26-12-25-17)19(23)10-14-15(20)3-2-4-16(14)21/h2-6,9H,7-8,10-12H2,1H3. The predicted molar refractivity (Wildman–Crippen MR) is 100 cm³/mol. The summed E-state index contributed by atoms with van der Waals surface area (Å²) in [6.07, 6.45) is 0.132. The highest BCUT2D eigenvalue weighted by molar-refractivity contribution is 6.36. The maximum Gasteiger partial charge on any atom is 0.231 e. The zero-order chi connectivity index (χ0) is 18.5. The third-order valence-corrected chi connectivity index (χ3v) is 4.83. The molecule has 0 saturated carbocycles. The molecule has 0 bridgehead atoms. The van der Waals surface area contributed by atoms with E-state index in [1.807, 2.05) is 18.2 Å². The number of benzene rings is 2. The molecule has 1 amide bonds. The molecule has 0 aliphatic carbocycles. The molecular weight excluding hydrogens is 377 g/mol. The van der Waals surface area contributed by atoms with Crippen LogP contribution in [0, 0.1) is 0 Å². The van der Waals surface area contributed by atoms with Gasteiger partial charge < -0.3 is 19.1 Å². The number of nitrogens with zero attached hydrogens (tertiary/aromatic N) is 1. The highest BCUT2D eigenvalue weighted by Gasteiger charge is 2.19. The van der Waals surface area contributed by atoms with Crippen LogP contribution in [0.3, 0.4) is 0 Å². The first-order valence-corrected chi connectivity index (χ1v) is 8.92. The minimum absolute atomic E-state index is 0.0743. The number of carbonyl (C=O) groups excluding carboxylic acids is 1. The van der Waals surface area contributed by atoms with Crippen molar-refractivity contribution >= 4 is 29.1 Å². The zero-order valence-corrected chi connectivity index (χ0v) is 15.8. The van der Waals surface area contributed by atoms with Crippen molar-refractivity contribution < 1.29 is 19.0 Å². The van der Waals surface area contributed by atoms with Crippen molar-refractivity contribution in [1.82, 2.24) is 4.90 Å². The minimum Gasteiger partial charge on any atom is -0.454 e. The number of fused-ring (bicyclic) bond motifs is 1. The smallest absolute Gasteiger partial charge is 0.231 e. The fourth-order valence-electron chi connectivity index (χ4n) is 2.72. The number of rotatable bonds is 7. The summed E-state index contributed by atoms with van der Waals surface area (Å²) in [6.45, 7) is 1.55. The monoisotopic (exact) mass is 395 g/mol. The van der Waals surface area contributed by atoms with Crippen LogP contribution in [0.15, 0.2) is 36.4 Å². The van der Waals surface area contributed by atoms with Gasteiger partial charge in [0.1, 0.15) is 0 Å². The molecule has 3 rings (SSSR count). The molecule has 26 heavy (non-hydrogen) atoms. The average molecular weight is 396 g/mol. The van der Waals surface area contributed by atoms with E-state index in [1.165, 1.54) is 0 Å². The second-order valence-electron chi connectivity index (χ2n) is 5.87. The van der Waals surface area contributed by atoms with E-state index in [0.29, 0.717) is 46.8 Å². The summed E-state index contributed by atoms with van der Waals surface area (Å²) in [7, 11) is 1.61. The minimum atomic E-state index is -0.0743. The van der Waals surface area contributed by atoms with E-state index >= 15 is 0 Å².